The number of nitrogens with one attached hydrogen (secondary N) is 4. The normalized spacial score (nSPS) is 17.4. The standard InChI is InChI=1S/C55H69N9O6S2/c1-33(59-51-43-26-46(69-7)47(70-8)27-44(43)60-35(3)61-51)48-24-40(31-71-48)42-13-10-9-12-39(42)29-56-20-11-21-63-22-18-38(19-23-63)52(66)62-50(55(4,5)6)54(68)64-30-41(65)25-45(64)53(67)57-28-36-14-16-37(17-15-36)49-34(2)58-32-72-49/h9-10,12-17,24,26-27,31-33,38,41,45,50,56,65H,11,18-23,25,28-30H2,1-8H3,(H,57,67)(H,62,66)(H,59,60,61)/t33-,41-,45+,50-/m1/s1. The Morgan fingerprint density at radius 1 is 0.903 bits per heavy atom. The Hall–Kier alpha value is -5.98. The van der Waals surface area contributed by atoms with Crippen molar-refractivity contribution in [3.8, 4) is 33.1 Å². The molecule has 0 saturated carbocycles. The summed E-state index contributed by atoms with van der Waals surface area (Å²) in [7, 11) is 3.24. The van der Waals surface area contributed by atoms with Crippen molar-refractivity contribution in [1.29, 1.82) is 0 Å². The molecular weight excluding hydrogens is 947 g/mol. The van der Waals surface area contributed by atoms with Gasteiger partial charge in [0.25, 0.3) is 0 Å². The van der Waals surface area contributed by atoms with Gasteiger partial charge in [0.15, 0.2) is 11.5 Å². The third kappa shape index (κ3) is 12.4. The maximum absolute atomic E-state index is 14.3. The molecular formula is C55H69N9O6S2. The Bertz CT molecular complexity index is 2840. The Balaban J connectivity index is 0.783. The molecule has 0 spiro atoms. The lowest BCUT2D eigenvalue weighted by Gasteiger charge is -2.37. The van der Waals surface area contributed by atoms with E-state index in [2.05, 4.69) is 78.8 Å². The molecule has 0 bridgehead atoms. The summed E-state index contributed by atoms with van der Waals surface area (Å²) >= 11 is 3.31. The van der Waals surface area contributed by atoms with Crippen molar-refractivity contribution >= 4 is 57.1 Å². The molecule has 3 aromatic carbocycles. The largest absolute Gasteiger partial charge is 0.493 e. The molecule has 0 aliphatic carbocycles. The number of carbonyl (C=O) groups is 3. The van der Waals surface area contributed by atoms with Gasteiger partial charge in [-0.2, -0.15) is 0 Å². The number of β-amino-alcohol motifs (C(OH)–C–C–N with tert-alkyl or cyclic N) is 1. The van der Waals surface area contributed by atoms with E-state index in [1.807, 2.05) is 76.5 Å². The number of aromatic nitrogens is 3. The zero-order valence-corrected chi connectivity index (χ0v) is 44.3. The average molecular weight is 1020 g/mol. The first-order valence-corrected chi connectivity index (χ1v) is 26.7. The van der Waals surface area contributed by atoms with Crippen LogP contribution >= 0.6 is 22.7 Å². The first-order valence-electron chi connectivity index (χ1n) is 24.9. The molecule has 5 N–H and O–H groups in total. The number of rotatable bonds is 19. The van der Waals surface area contributed by atoms with Crippen molar-refractivity contribution in [2.75, 3.05) is 52.3 Å². The van der Waals surface area contributed by atoms with Gasteiger partial charge in [-0.1, -0.05) is 69.3 Å². The smallest absolute Gasteiger partial charge is 0.246 e. The number of thiazole rings is 1. The van der Waals surface area contributed by atoms with Crippen LogP contribution in [0.15, 0.2) is 77.6 Å². The number of anilines is 1. The monoisotopic (exact) mass is 1020 g/mol. The molecule has 5 heterocycles. The van der Waals surface area contributed by atoms with Crippen molar-refractivity contribution < 1.29 is 29.0 Å². The number of thiophene rings is 1. The minimum Gasteiger partial charge on any atom is -0.493 e. The third-order valence-electron chi connectivity index (χ3n) is 13.8. The number of amides is 3. The molecule has 2 fully saturated rings. The number of benzene rings is 3. The van der Waals surface area contributed by atoms with Gasteiger partial charge < -0.3 is 45.6 Å². The Labute approximate surface area is 431 Å². The minimum atomic E-state index is -0.859. The number of aliphatic hydroxyl groups excluding tert-OH is 1. The topological polar surface area (TPSA) is 183 Å². The number of piperidine rings is 1. The molecule has 2 saturated heterocycles. The average Bonchev–Trinajstić information content (AvgIpc) is 4.14. The number of hydrogen-bond donors (Lipinski definition) is 5. The number of hydrogen-bond acceptors (Lipinski definition) is 14. The lowest BCUT2D eigenvalue weighted by molar-refractivity contribution is -0.144. The van der Waals surface area contributed by atoms with Gasteiger partial charge in [0.05, 0.1) is 48.0 Å². The molecule has 3 amide bonds. The van der Waals surface area contributed by atoms with E-state index in [0.717, 1.165) is 77.6 Å². The van der Waals surface area contributed by atoms with Crippen LogP contribution in [-0.4, -0.2) is 113 Å². The van der Waals surface area contributed by atoms with Gasteiger partial charge in [0, 0.05) is 48.3 Å². The van der Waals surface area contributed by atoms with Crippen LogP contribution in [0, 0.1) is 25.2 Å². The van der Waals surface area contributed by atoms with E-state index in [1.54, 1.807) is 36.9 Å². The van der Waals surface area contributed by atoms with Gasteiger partial charge in [0.1, 0.15) is 23.7 Å². The van der Waals surface area contributed by atoms with E-state index in [4.69, 9.17) is 14.5 Å². The highest BCUT2D eigenvalue weighted by atomic mass is 32.1. The SMILES string of the molecule is COc1cc2nc(C)nc(N[C@H](C)c3cc(-c4ccccc4CNCCCN4CCC(C(=O)N[C@H](C(=O)N5C[C@H](O)C[C@H]5C(=O)NCc5ccc(-c6scnc6C)cc5)C(C)(C)C)CC4)cs3)c2cc1OC. The second-order valence-electron chi connectivity index (χ2n) is 20.1. The van der Waals surface area contributed by atoms with Crippen LogP contribution in [0.4, 0.5) is 5.82 Å². The van der Waals surface area contributed by atoms with Crippen LogP contribution in [-0.2, 0) is 27.5 Å². The summed E-state index contributed by atoms with van der Waals surface area (Å²) in [5.74, 6) is 1.63. The van der Waals surface area contributed by atoms with E-state index in [-0.39, 0.29) is 49.2 Å². The molecule has 15 nitrogen and oxygen atoms in total. The van der Waals surface area contributed by atoms with Crippen molar-refractivity contribution in [2.45, 2.75) is 105 Å². The predicted octanol–water partition coefficient (Wildman–Crippen LogP) is 8.29. The summed E-state index contributed by atoms with van der Waals surface area (Å²) in [6, 6.07) is 20.9. The van der Waals surface area contributed by atoms with Crippen LogP contribution in [0.2, 0.25) is 0 Å². The fourth-order valence-electron chi connectivity index (χ4n) is 9.75. The van der Waals surface area contributed by atoms with E-state index in [9.17, 15) is 19.5 Å². The van der Waals surface area contributed by atoms with Gasteiger partial charge in [0.2, 0.25) is 17.7 Å². The molecule has 0 radical (unpaired) electrons. The first-order chi connectivity index (χ1) is 34.6. The van der Waals surface area contributed by atoms with Crippen molar-refractivity contribution in [3.05, 3.63) is 105 Å². The number of aryl methyl sites for hydroxylation is 2. The fraction of sp³-hybridized carbons (Fsp3) is 0.455. The van der Waals surface area contributed by atoms with Gasteiger partial charge >= 0.3 is 0 Å². The van der Waals surface area contributed by atoms with Crippen LogP contribution in [0.3, 0.4) is 0 Å². The molecule has 2 aliphatic heterocycles. The molecule has 0 unspecified atom stereocenters. The summed E-state index contributed by atoms with van der Waals surface area (Å²) < 4.78 is 11.1. The third-order valence-corrected chi connectivity index (χ3v) is 15.9. The lowest BCUT2D eigenvalue weighted by atomic mass is 9.84. The highest BCUT2D eigenvalue weighted by Gasteiger charge is 2.45. The maximum Gasteiger partial charge on any atom is 0.246 e. The van der Waals surface area contributed by atoms with Gasteiger partial charge in [-0.25, -0.2) is 15.0 Å². The van der Waals surface area contributed by atoms with Gasteiger partial charge in [-0.15, -0.1) is 22.7 Å². The highest BCUT2D eigenvalue weighted by Crippen LogP contribution is 2.37. The zero-order valence-electron chi connectivity index (χ0n) is 42.7. The summed E-state index contributed by atoms with van der Waals surface area (Å²) in [5.41, 5.74) is 8.57. The number of methoxy groups -OCH3 is 2. The maximum atomic E-state index is 14.3. The predicted molar refractivity (Wildman–Crippen MR) is 286 cm³/mol. The van der Waals surface area contributed by atoms with Gasteiger partial charge in [-0.05, 0) is 117 Å². The van der Waals surface area contributed by atoms with Crippen LogP contribution in [0.1, 0.15) is 86.9 Å². The number of likely N-dealkylation sites (tertiary alicyclic amines) is 2. The zero-order chi connectivity index (χ0) is 51.1. The van der Waals surface area contributed by atoms with E-state index >= 15 is 0 Å². The van der Waals surface area contributed by atoms with Crippen molar-refractivity contribution in [2.24, 2.45) is 11.3 Å². The molecule has 3 aromatic heterocycles. The van der Waals surface area contributed by atoms with Gasteiger partial charge in [-0.3, -0.25) is 14.4 Å². The molecule has 17 heteroatoms. The summed E-state index contributed by atoms with van der Waals surface area (Å²) in [5, 5.41) is 27.2. The fourth-order valence-corrected chi connectivity index (χ4v) is 11.5. The number of nitrogens with zero attached hydrogens (tertiary/aromatic N) is 5. The Morgan fingerprint density at radius 3 is 2.35 bits per heavy atom. The lowest BCUT2D eigenvalue weighted by Crippen LogP contribution is -2.58. The second kappa shape index (κ2) is 23.3. The van der Waals surface area contributed by atoms with E-state index in [0.29, 0.717) is 30.2 Å². The number of aliphatic hydroxyl groups is 1. The highest BCUT2D eigenvalue weighted by molar-refractivity contribution is 7.13. The van der Waals surface area contributed by atoms with E-state index in [1.165, 1.54) is 26.5 Å². The minimum absolute atomic E-state index is 0.00484. The Morgan fingerprint density at radius 2 is 1.64 bits per heavy atom. The molecule has 8 rings (SSSR count). The van der Waals surface area contributed by atoms with E-state index < -0.39 is 23.6 Å². The summed E-state index contributed by atoms with van der Waals surface area (Å²) in [6.07, 6.45) is 1.67. The second-order valence-corrected chi connectivity index (χ2v) is 21.9. The summed E-state index contributed by atoms with van der Waals surface area (Å²) in [6.45, 7) is 16.2. The molecule has 72 heavy (non-hydrogen) atoms. The molecule has 382 valence electrons. The quantitative estimate of drug-likeness (QED) is 0.0491. The molecule has 2 aliphatic rings. The first kappa shape index (κ1) is 52.3. The molecule has 6 aromatic rings. The van der Waals surface area contributed by atoms with Crippen LogP contribution < -0.4 is 30.7 Å². The van der Waals surface area contributed by atoms with Crippen LogP contribution in [0.5, 0.6) is 11.5 Å². The molecule has 4 atom stereocenters. The van der Waals surface area contributed by atoms with Crippen LogP contribution in [0.25, 0.3) is 32.5 Å². The number of ether oxygens (including phenoxy) is 2. The van der Waals surface area contributed by atoms with Crippen molar-refractivity contribution in [3.63, 3.8) is 0 Å². The number of fused-ring (bicyclic) bond motifs is 1. The Kier molecular flexibility index (Phi) is 16.9. The number of carbonyl (C=O) groups excluding carboxylic acids is 3. The van der Waals surface area contributed by atoms with Crippen molar-refractivity contribution in [1.82, 2.24) is 40.7 Å². The summed E-state index contributed by atoms with van der Waals surface area (Å²) in [4.78, 5) is 61.6.